The van der Waals surface area contributed by atoms with Gasteiger partial charge in [-0.2, -0.15) is 4.39 Å². The molecule has 9 nitrogen and oxygen atoms in total. The van der Waals surface area contributed by atoms with Crippen LogP contribution in [-0.2, 0) is 6.54 Å². The van der Waals surface area contributed by atoms with Crippen molar-refractivity contribution in [2.24, 2.45) is 0 Å². The summed E-state index contributed by atoms with van der Waals surface area (Å²) in [5, 5.41) is 14.3. The van der Waals surface area contributed by atoms with Crippen LogP contribution in [0.2, 0.25) is 0 Å². The van der Waals surface area contributed by atoms with Gasteiger partial charge in [-0.1, -0.05) is 0 Å². The minimum Gasteiger partial charge on any atom is -0.475 e. The molecule has 0 saturated heterocycles. The Morgan fingerprint density at radius 3 is 2.74 bits per heavy atom. The molecule has 34 heavy (non-hydrogen) atoms. The van der Waals surface area contributed by atoms with Gasteiger partial charge in [-0.15, -0.1) is 11.3 Å². The second-order valence-corrected chi connectivity index (χ2v) is 8.53. The quantitative estimate of drug-likeness (QED) is 0.361. The van der Waals surface area contributed by atoms with Crippen LogP contribution in [-0.4, -0.2) is 41.1 Å². The van der Waals surface area contributed by atoms with Gasteiger partial charge in [0.15, 0.2) is 5.13 Å². The lowest BCUT2D eigenvalue weighted by Gasteiger charge is -2.09. The van der Waals surface area contributed by atoms with Crippen molar-refractivity contribution in [1.29, 1.82) is 0 Å². The number of imidazole rings is 1. The summed E-state index contributed by atoms with van der Waals surface area (Å²) < 4.78 is 16.7. The second kappa shape index (κ2) is 9.79. The summed E-state index contributed by atoms with van der Waals surface area (Å²) >= 11 is 1.26. The van der Waals surface area contributed by atoms with Crippen LogP contribution in [0.3, 0.4) is 0 Å². The monoisotopic (exact) mass is 480 g/mol. The van der Waals surface area contributed by atoms with Crippen molar-refractivity contribution in [3.8, 4) is 0 Å². The molecule has 4 aromatic heterocycles. The lowest BCUT2D eigenvalue weighted by atomic mass is 10.2. The number of hydrogen-bond acceptors (Lipinski definition) is 6. The van der Waals surface area contributed by atoms with Gasteiger partial charge in [-0.05, 0) is 55.8 Å². The molecular formula is C23H21FN6O3S. The van der Waals surface area contributed by atoms with E-state index in [1.54, 1.807) is 57.3 Å². The third kappa shape index (κ3) is 5.26. The van der Waals surface area contributed by atoms with Crippen LogP contribution in [0.15, 0.2) is 48.2 Å². The molecule has 0 aliphatic rings. The van der Waals surface area contributed by atoms with Crippen LogP contribution < -0.4 is 5.32 Å². The average Bonchev–Trinajstić information content (AvgIpc) is 3.52. The lowest BCUT2D eigenvalue weighted by Crippen LogP contribution is -2.17. The third-order valence-electron chi connectivity index (χ3n) is 4.87. The number of pyridine rings is 1. The Morgan fingerprint density at radius 2 is 2.03 bits per heavy atom. The number of halogens is 1. The smallest absolute Gasteiger partial charge is 0.372 e. The number of carboxylic acid groups (broad SMARTS) is 1. The molecule has 0 atom stereocenters. The van der Waals surface area contributed by atoms with Gasteiger partial charge in [0, 0.05) is 36.6 Å². The molecule has 0 saturated carbocycles. The Balaban J connectivity index is 1.44. The summed E-state index contributed by atoms with van der Waals surface area (Å²) in [6.45, 7) is 4.08. The van der Waals surface area contributed by atoms with E-state index in [2.05, 4.69) is 20.3 Å². The standard InChI is InChI=1S/C23H21FN6O3S/c1-14(2)30-12-16(26-20(30)22(32)33)5-6-17-13-34-23(27-17)28-21(31)18-4-3-9-29(18)11-15-7-8-25-19(24)10-15/h3-10,12-14H,11H2,1-2H3,(H,32,33)(H,27,28,31). The molecule has 1 amide bonds. The predicted molar refractivity (Wildman–Crippen MR) is 126 cm³/mol. The normalized spacial score (nSPS) is 11.4. The number of amides is 1. The zero-order chi connectivity index (χ0) is 24.2. The number of nitrogens with one attached hydrogen (secondary N) is 1. The fourth-order valence-corrected chi connectivity index (χ4v) is 3.97. The summed E-state index contributed by atoms with van der Waals surface area (Å²) in [6, 6.07) is 6.38. The van der Waals surface area contributed by atoms with E-state index in [0.717, 1.165) is 0 Å². The highest BCUT2D eigenvalue weighted by Crippen LogP contribution is 2.20. The second-order valence-electron chi connectivity index (χ2n) is 7.67. The maximum absolute atomic E-state index is 13.4. The highest BCUT2D eigenvalue weighted by molar-refractivity contribution is 7.14. The van der Waals surface area contributed by atoms with Crippen LogP contribution in [0, 0.1) is 5.95 Å². The molecule has 0 bridgehead atoms. The zero-order valence-corrected chi connectivity index (χ0v) is 19.2. The van der Waals surface area contributed by atoms with Gasteiger partial charge in [0.05, 0.1) is 11.4 Å². The highest BCUT2D eigenvalue weighted by atomic mass is 32.1. The Morgan fingerprint density at radius 1 is 1.24 bits per heavy atom. The molecular weight excluding hydrogens is 459 g/mol. The number of nitrogens with zero attached hydrogens (tertiary/aromatic N) is 5. The van der Waals surface area contributed by atoms with Crippen LogP contribution in [0.5, 0.6) is 0 Å². The first-order valence-electron chi connectivity index (χ1n) is 10.3. The van der Waals surface area contributed by atoms with E-state index in [4.69, 9.17) is 0 Å². The number of carbonyl (C=O) groups excluding carboxylic acids is 1. The molecule has 0 unspecified atom stereocenters. The lowest BCUT2D eigenvalue weighted by molar-refractivity contribution is 0.0676. The maximum Gasteiger partial charge on any atom is 0.372 e. The fourth-order valence-electron chi connectivity index (χ4n) is 3.29. The van der Waals surface area contributed by atoms with Crippen molar-refractivity contribution in [2.75, 3.05) is 5.32 Å². The van der Waals surface area contributed by atoms with Crippen LogP contribution >= 0.6 is 11.3 Å². The van der Waals surface area contributed by atoms with Crippen LogP contribution in [0.4, 0.5) is 9.52 Å². The number of thiazole rings is 1. The number of carbonyl (C=O) groups is 2. The molecule has 0 fully saturated rings. The van der Waals surface area contributed by atoms with Crippen molar-refractivity contribution < 1.29 is 19.1 Å². The minimum absolute atomic E-state index is 0.0293. The molecule has 2 N–H and O–H groups in total. The zero-order valence-electron chi connectivity index (χ0n) is 18.3. The fraction of sp³-hybridized carbons (Fsp3) is 0.174. The van der Waals surface area contributed by atoms with E-state index < -0.39 is 11.9 Å². The number of aromatic carboxylic acids is 1. The van der Waals surface area contributed by atoms with Gasteiger partial charge in [0.2, 0.25) is 11.8 Å². The SMILES string of the molecule is CC(C)n1cc(C=Cc2csc(NC(=O)c3cccn3Cc3ccnc(F)c3)n2)nc1C(=O)O. The Labute approximate surface area is 198 Å². The minimum atomic E-state index is -1.09. The predicted octanol–water partition coefficient (Wildman–Crippen LogP) is 4.43. The van der Waals surface area contributed by atoms with Gasteiger partial charge < -0.3 is 14.2 Å². The van der Waals surface area contributed by atoms with Crippen molar-refractivity contribution in [3.63, 3.8) is 0 Å². The van der Waals surface area contributed by atoms with Crippen molar-refractivity contribution in [3.05, 3.63) is 82.7 Å². The summed E-state index contributed by atoms with van der Waals surface area (Å²) in [5.74, 6) is -2.04. The molecule has 0 aliphatic carbocycles. The summed E-state index contributed by atoms with van der Waals surface area (Å²) in [6.07, 6.45) is 8.16. The van der Waals surface area contributed by atoms with E-state index in [1.807, 2.05) is 13.8 Å². The number of carboxylic acids is 1. The van der Waals surface area contributed by atoms with E-state index in [9.17, 15) is 19.1 Å². The Hall–Kier alpha value is -4.12. The van der Waals surface area contributed by atoms with Crippen molar-refractivity contribution in [2.45, 2.75) is 26.4 Å². The van der Waals surface area contributed by atoms with Crippen molar-refractivity contribution in [1.82, 2.24) is 24.1 Å². The molecule has 174 valence electrons. The first-order valence-corrected chi connectivity index (χ1v) is 11.2. The first-order chi connectivity index (χ1) is 16.3. The molecule has 0 spiro atoms. The maximum atomic E-state index is 13.4. The first kappa shape index (κ1) is 23.1. The Kier molecular flexibility index (Phi) is 6.64. The molecule has 11 heteroatoms. The largest absolute Gasteiger partial charge is 0.475 e. The van der Waals surface area contributed by atoms with Gasteiger partial charge in [0.1, 0.15) is 5.69 Å². The number of aromatic nitrogens is 5. The van der Waals surface area contributed by atoms with Crippen LogP contribution in [0.25, 0.3) is 12.2 Å². The molecule has 0 aliphatic heterocycles. The highest BCUT2D eigenvalue weighted by Gasteiger charge is 2.16. The number of anilines is 1. The molecule has 4 heterocycles. The summed E-state index contributed by atoms with van der Waals surface area (Å²) in [5.41, 5.74) is 2.18. The average molecular weight is 481 g/mol. The molecule has 4 rings (SSSR count). The summed E-state index contributed by atoms with van der Waals surface area (Å²) in [7, 11) is 0. The molecule has 0 aromatic carbocycles. The van der Waals surface area contributed by atoms with E-state index in [-0.39, 0.29) is 17.8 Å². The molecule has 0 radical (unpaired) electrons. The number of hydrogen-bond donors (Lipinski definition) is 2. The van der Waals surface area contributed by atoms with E-state index >= 15 is 0 Å². The molecule has 4 aromatic rings. The topological polar surface area (TPSA) is 115 Å². The van der Waals surface area contributed by atoms with Crippen LogP contribution in [0.1, 0.15) is 57.9 Å². The Bertz CT molecular complexity index is 1370. The van der Waals surface area contributed by atoms with E-state index in [0.29, 0.717) is 34.3 Å². The number of rotatable bonds is 8. The third-order valence-corrected chi connectivity index (χ3v) is 5.65. The van der Waals surface area contributed by atoms with Gasteiger partial charge in [-0.25, -0.2) is 19.7 Å². The summed E-state index contributed by atoms with van der Waals surface area (Å²) in [4.78, 5) is 36.2. The van der Waals surface area contributed by atoms with Gasteiger partial charge in [-0.3, -0.25) is 10.1 Å². The van der Waals surface area contributed by atoms with Gasteiger partial charge in [0.25, 0.3) is 5.91 Å². The van der Waals surface area contributed by atoms with Crippen molar-refractivity contribution >= 4 is 40.5 Å². The van der Waals surface area contributed by atoms with Gasteiger partial charge >= 0.3 is 5.97 Å². The van der Waals surface area contributed by atoms with E-state index in [1.165, 1.54) is 23.6 Å².